The monoisotopic (exact) mass is 326 g/mol. The second-order valence-electron chi connectivity index (χ2n) is 6.26. The fourth-order valence-electron chi connectivity index (χ4n) is 3.22. The Labute approximate surface area is 142 Å². The molecule has 0 heterocycles. The highest BCUT2D eigenvalue weighted by atomic mass is 16.5. The number of hydrogen-bond donors (Lipinski definition) is 1. The van der Waals surface area contributed by atoms with Gasteiger partial charge in [-0.05, 0) is 37.1 Å². The Morgan fingerprint density at radius 1 is 1.00 bits per heavy atom. The van der Waals surface area contributed by atoms with Crippen LogP contribution in [0.15, 0.2) is 48.5 Å². The van der Waals surface area contributed by atoms with Crippen LogP contribution < -0.4 is 9.47 Å². The minimum Gasteiger partial charge on any atom is -0.457 e. The molecule has 0 unspecified atom stereocenters. The lowest BCUT2D eigenvalue weighted by Gasteiger charge is -2.33. The molecule has 0 amide bonds. The van der Waals surface area contributed by atoms with Crippen LogP contribution in [0.4, 0.5) is 0 Å². The van der Waals surface area contributed by atoms with Gasteiger partial charge in [0.15, 0.2) is 0 Å². The molecule has 0 aromatic heterocycles. The van der Waals surface area contributed by atoms with Crippen molar-refractivity contribution in [2.45, 2.75) is 44.6 Å². The number of carbonyl (C=O) groups is 1. The third-order valence-electron chi connectivity index (χ3n) is 4.37. The summed E-state index contributed by atoms with van der Waals surface area (Å²) in [6, 6.07) is 14.6. The van der Waals surface area contributed by atoms with Gasteiger partial charge in [-0.3, -0.25) is 4.79 Å². The topological polar surface area (TPSA) is 55.8 Å². The lowest BCUT2D eigenvalue weighted by molar-refractivity contribution is -0.131. The Morgan fingerprint density at radius 3 is 2.38 bits per heavy atom. The fraction of sp³-hybridized carbons (Fsp3) is 0.350. The zero-order valence-corrected chi connectivity index (χ0v) is 13.8. The highest BCUT2D eigenvalue weighted by molar-refractivity contribution is 5.69. The van der Waals surface area contributed by atoms with E-state index in [2.05, 4.69) is 0 Å². The van der Waals surface area contributed by atoms with Crippen LogP contribution in [0.25, 0.3) is 0 Å². The van der Waals surface area contributed by atoms with Crippen molar-refractivity contribution in [2.75, 3.05) is 0 Å². The van der Waals surface area contributed by atoms with Gasteiger partial charge in [0.2, 0.25) is 0 Å². The number of para-hydroxylation sites is 1. The first-order valence-electron chi connectivity index (χ1n) is 8.35. The standard InChI is InChI=1S/C20H22O4/c1-15(21)23-17-10-11-18(20(22)12-6-3-7-13-20)19(14-17)24-16-8-4-2-5-9-16/h2,4-5,8-11,14,22H,3,6-7,12-13H2,1H3. The summed E-state index contributed by atoms with van der Waals surface area (Å²) in [7, 11) is 0. The summed E-state index contributed by atoms with van der Waals surface area (Å²) in [4.78, 5) is 11.2. The minimum atomic E-state index is -0.892. The lowest BCUT2D eigenvalue weighted by Crippen LogP contribution is -2.28. The Morgan fingerprint density at radius 2 is 1.71 bits per heavy atom. The number of rotatable bonds is 4. The molecule has 1 N–H and O–H groups in total. The summed E-state index contributed by atoms with van der Waals surface area (Å²) in [5.41, 5.74) is -0.140. The van der Waals surface area contributed by atoms with Gasteiger partial charge in [0.05, 0.1) is 5.60 Å². The van der Waals surface area contributed by atoms with E-state index in [1.165, 1.54) is 6.92 Å². The van der Waals surface area contributed by atoms with Crippen LogP contribution >= 0.6 is 0 Å². The van der Waals surface area contributed by atoms with Crippen molar-refractivity contribution in [3.05, 3.63) is 54.1 Å². The molecule has 2 aromatic carbocycles. The largest absolute Gasteiger partial charge is 0.457 e. The van der Waals surface area contributed by atoms with Crippen LogP contribution in [0.1, 0.15) is 44.6 Å². The molecule has 1 saturated carbocycles. The normalized spacial score (nSPS) is 16.4. The van der Waals surface area contributed by atoms with Crippen LogP contribution in [0.5, 0.6) is 17.2 Å². The van der Waals surface area contributed by atoms with E-state index < -0.39 is 5.60 Å². The van der Waals surface area contributed by atoms with Crippen molar-refractivity contribution >= 4 is 5.97 Å². The highest BCUT2D eigenvalue weighted by Gasteiger charge is 2.34. The van der Waals surface area contributed by atoms with Crippen LogP contribution in [0, 0.1) is 0 Å². The molecule has 0 radical (unpaired) electrons. The number of ether oxygens (including phenoxy) is 2. The summed E-state index contributed by atoms with van der Waals surface area (Å²) < 4.78 is 11.2. The molecule has 0 saturated heterocycles. The van der Waals surface area contributed by atoms with Gasteiger partial charge in [0, 0.05) is 18.6 Å². The number of hydrogen-bond acceptors (Lipinski definition) is 4. The van der Waals surface area contributed by atoms with E-state index in [1.807, 2.05) is 36.4 Å². The third kappa shape index (κ3) is 3.77. The maximum atomic E-state index is 11.2. The Balaban J connectivity index is 1.98. The van der Waals surface area contributed by atoms with Crippen molar-refractivity contribution in [1.82, 2.24) is 0 Å². The maximum Gasteiger partial charge on any atom is 0.308 e. The zero-order chi connectivity index (χ0) is 17.0. The summed E-state index contributed by atoms with van der Waals surface area (Å²) >= 11 is 0. The second-order valence-corrected chi connectivity index (χ2v) is 6.26. The van der Waals surface area contributed by atoms with Crippen molar-refractivity contribution in [2.24, 2.45) is 0 Å². The summed E-state index contributed by atoms with van der Waals surface area (Å²) in [5.74, 6) is 1.24. The maximum absolute atomic E-state index is 11.2. The number of carbonyl (C=O) groups excluding carboxylic acids is 1. The number of aliphatic hydroxyl groups is 1. The first kappa shape index (κ1) is 16.5. The van der Waals surface area contributed by atoms with Gasteiger partial charge < -0.3 is 14.6 Å². The molecule has 4 heteroatoms. The molecule has 0 bridgehead atoms. The molecule has 3 rings (SSSR count). The second kappa shape index (κ2) is 7.05. The Bertz CT molecular complexity index is 703. The lowest BCUT2D eigenvalue weighted by atomic mass is 9.79. The molecular weight excluding hydrogens is 304 g/mol. The molecule has 24 heavy (non-hydrogen) atoms. The van der Waals surface area contributed by atoms with Gasteiger partial charge in [-0.15, -0.1) is 0 Å². The van der Waals surface area contributed by atoms with Crippen LogP contribution in [0.2, 0.25) is 0 Å². The minimum absolute atomic E-state index is 0.384. The van der Waals surface area contributed by atoms with E-state index in [4.69, 9.17) is 9.47 Å². The van der Waals surface area contributed by atoms with Crippen LogP contribution in [0.3, 0.4) is 0 Å². The van der Waals surface area contributed by atoms with Gasteiger partial charge in [-0.1, -0.05) is 37.5 Å². The molecule has 4 nitrogen and oxygen atoms in total. The van der Waals surface area contributed by atoms with E-state index >= 15 is 0 Å². The van der Waals surface area contributed by atoms with E-state index in [1.54, 1.807) is 12.1 Å². The van der Waals surface area contributed by atoms with Crippen LogP contribution in [-0.4, -0.2) is 11.1 Å². The SMILES string of the molecule is CC(=O)Oc1ccc(C2(O)CCCCC2)c(Oc2ccccc2)c1. The first-order chi connectivity index (χ1) is 11.6. The quantitative estimate of drug-likeness (QED) is 0.661. The van der Waals surface area contributed by atoms with Gasteiger partial charge in [-0.25, -0.2) is 0 Å². The molecule has 1 fully saturated rings. The molecule has 0 atom stereocenters. The van der Waals surface area contributed by atoms with Crippen LogP contribution in [-0.2, 0) is 10.4 Å². The average Bonchev–Trinajstić information content (AvgIpc) is 2.56. The molecule has 1 aliphatic carbocycles. The van der Waals surface area contributed by atoms with E-state index in [0.29, 0.717) is 30.1 Å². The Hall–Kier alpha value is -2.33. The summed E-state index contributed by atoms with van der Waals surface area (Å²) in [5, 5.41) is 11.1. The molecule has 2 aromatic rings. The van der Waals surface area contributed by atoms with Crippen molar-refractivity contribution in [3.63, 3.8) is 0 Å². The first-order valence-corrected chi connectivity index (χ1v) is 8.35. The smallest absolute Gasteiger partial charge is 0.308 e. The number of benzene rings is 2. The molecular formula is C20H22O4. The van der Waals surface area contributed by atoms with E-state index in [9.17, 15) is 9.90 Å². The van der Waals surface area contributed by atoms with Gasteiger partial charge >= 0.3 is 5.97 Å². The summed E-state index contributed by atoms with van der Waals surface area (Å²) in [6.07, 6.45) is 4.55. The predicted octanol–water partition coefficient (Wildman–Crippen LogP) is 4.56. The molecule has 126 valence electrons. The third-order valence-corrected chi connectivity index (χ3v) is 4.37. The van der Waals surface area contributed by atoms with Gasteiger partial charge in [-0.2, -0.15) is 0 Å². The number of esters is 1. The zero-order valence-electron chi connectivity index (χ0n) is 13.8. The Kier molecular flexibility index (Phi) is 4.86. The highest BCUT2D eigenvalue weighted by Crippen LogP contribution is 2.43. The van der Waals surface area contributed by atoms with Crippen molar-refractivity contribution in [1.29, 1.82) is 0 Å². The molecule has 0 aliphatic heterocycles. The van der Waals surface area contributed by atoms with Crippen molar-refractivity contribution < 1.29 is 19.4 Å². The molecule has 0 spiro atoms. The van der Waals surface area contributed by atoms with Crippen molar-refractivity contribution in [3.8, 4) is 17.2 Å². The molecule has 1 aliphatic rings. The van der Waals surface area contributed by atoms with Gasteiger partial charge in [0.25, 0.3) is 0 Å². The average molecular weight is 326 g/mol. The predicted molar refractivity (Wildman–Crippen MR) is 91.2 cm³/mol. The summed E-state index contributed by atoms with van der Waals surface area (Å²) in [6.45, 7) is 1.36. The van der Waals surface area contributed by atoms with E-state index in [-0.39, 0.29) is 5.97 Å². The van der Waals surface area contributed by atoms with Gasteiger partial charge in [0.1, 0.15) is 17.2 Å². The fourth-order valence-corrected chi connectivity index (χ4v) is 3.22. The van der Waals surface area contributed by atoms with E-state index in [0.717, 1.165) is 24.8 Å².